The molecule has 0 radical (unpaired) electrons. The highest BCUT2D eigenvalue weighted by Crippen LogP contribution is 2.22. The van der Waals surface area contributed by atoms with Crippen LogP contribution in [0.25, 0.3) is 0 Å². The SMILES string of the molecule is CC(C)[C@@H](C#N)c1ccccc1. The standard InChI is InChI=1S/C11H13N/c1-9(2)11(8-12)10-6-4-3-5-7-10/h3-7,9,11H,1-2H3/t11-/m1/s1. The molecule has 1 atom stereocenters. The zero-order chi connectivity index (χ0) is 8.97. The Hall–Kier alpha value is -1.29. The Labute approximate surface area is 73.6 Å². The van der Waals surface area contributed by atoms with E-state index in [1.54, 1.807) is 0 Å². The third-order valence-corrected chi connectivity index (χ3v) is 1.96. The summed E-state index contributed by atoms with van der Waals surface area (Å²) in [4.78, 5) is 0. The van der Waals surface area contributed by atoms with E-state index in [4.69, 9.17) is 5.26 Å². The van der Waals surface area contributed by atoms with Crippen LogP contribution in [0.15, 0.2) is 30.3 Å². The summed E-state index contributed by atoms with van der Waals surface area (Å²) < 4.78 is 0. The molecule has 1 aromatic rings. The lowest BCUT2D eigenvalue weighted by molar-refractivity contribution is 0.587. The van der Waals surface area contributed by atoms with E-state index in [1.807, 2.05) is 30.3 Å². The van der Waals surface area contributed by atoms with Gasteiger partial charge in [-0.2, -0.15) is 5.26 Å². The van der Waals surface area contributed by atoms with Gasteiger partial charge in [0.2, 0.25) is 0 Å². The highest BCUT2D eigenvalue weighted by atomic mass is 14.3. The molecule has 0 heterocycles. The molecular formula is C11H13N. The molecule has 0 aromatic heterocycles. The first-order valence-electron chi connectivity index (χ1n) is 4.20. The van der Waals surface area contributed by atoms with Gasteiger partial charge in [-0.3, -0.25) is 0 Å². The van der Waals surface area contributed by atoms with Gasteiger partial charge in [0.15, 0.2) is 0 Å². The normalized spacial score (nSPS) is 12.5. The quantitative estimate of drug-likeness (QED) is 0.650. The maximum atomic E-state index is 8.90. The van der Waals surface area contributed by atoms with Gasteiger partial charge in [0.25, 0.3) is 0 Å². The lowest BCUT2D eigenvalue weighted by atomic mass is 9.90. The van der Waals surface area contributed by atoms with Crippen molar-refractivity contribution >= 4 is 0 Å². The molecule has 1 rings (SSSR count). The monoisotopic (exact) mass is 159 g/mol. The van der Waals surface area contributed by atoms with Gasteiger partial charge in [-0.05, 0) is 11.5 Å². The molecule has 1 heteroatoms. The van der Waals surface area contributed by atoms with Crippen LogP contribution < -0.4 is 0 Å². The smallest absolute Gasteiger partial charge is 0.0735 e. The number of hydrogen-bond donors (Lipinski definition) is 0. The molecule has 0 aliphatic heterocycles. The Morgan fingerprint density at radius 1 is 1.17 bits per heavy atom. The maximum Gasteiger partial charge on any atom is 0.0735 e. The zero-order valence-corrected chi connectivity index (χ0v) is 7.49. The molecule has 0 N–H and O–H groups in total. The first kappa shape index (κ1) is 8.80. The maximum absolute atomic E-state index is 8.90. The molecule has 0 saturated heterocycles. The molecule has 0 saturated carbocycles. The molecule has 0 unspecified atom stereocenters. The number of benzene rings is 1. The van der Waals surface area contributed by atoms with Crippen LogP contribution in [0.3, 0.4) is 0 Å². The third kappa shape index (κ3) is 1.85. The van der Waals surface area contributed by atoms with Crippen LogP contribution in [-0.4, -0.2) is 0 Å². The van der Waals surface area contributed by atoms with Crippen LogP contribution in [0.5, 0.6) is 0 Å². The van der Waals surface area contributed by atoms with Crippen molar-refractivity contribution in [2.45, 2.75) is 19.8 Å². The largest absolute Gasteiger partial charge is 0.198 e. The van der Waals surface area contributed by atoms with Gasteiger partial charge >= 0.3 is 0 Å². The molecule has 12 heavy (non-hydrogen) atoms. The lowest BCUT2D eigenvalue weighted by Crippen LogP contribution is -2.03. The molecule has 0 amide bonds. The topological polar surface area (TPSA) is 23.8 Å². The Morgan fingerprint density at radius 2 is 1.75 bits per heavy atom. The van der Waals surface area contributed by atoms with E-state index >= 15 is 0 Å². The highest BCUT2D eigenvalue weighted by Gasteiger charge is 2.13. The van der Waals surface area contributed by atoms with E-state index in [1.165, 1.54) is 0 Å². The van der Waals surface area contributed by atoms with Crippen LogP contribution in [0.2, 0.25) is 0 Å². The predicted molar refractivity (Wildman–Crippen MR) is 49.6 cm³/mol. The first-order chi connectivity index (χ1) is 5.75. The fourth-order valence-electron chi connectivity index (χ4n) is 1.27. The minimum absolute atomic E-state index is 0.0335. The van der Waals surface area contributed by atoms with E-state index in [0.717, 1.165) is 5.56 Å². The van der Waals surface area contributed by atoms with Gasteiger partial charge in [-0.1, -0.05) is 44.2 Å². The minimum atomic E-state index is 0.0335. The van der Waals surface area contributed by atoms with Gasteiger partial charge in [0.05, 0.1) is 12.0 Å². The second kappa shape index (κ2) is 3.92. The summed E-state index contributed by atoms with van der Waals surface area (Å²) in [5, 5.41) is 8.90. The van der Waals surface area contributed by atoms with Gasteiger partial charge in [0, 0.05) is 0 Å². The summed E-state index contributed by atoms with van der Waals surface area (Å²) in [6, 6.07) is 12.3. The van der Waals surface area contributed by atoms with Crippen molar-refractivity contribution < 1.29 is 0 Å². The zero-order valence-electron chi connectivity index (χ0n) is 7.49. The van der Waals surface area contributed by atoms with E-state index in [9.17, 15) is 0 Å². The van der Waals surface area contributed by atoms with Crippen molar-refractivity contribution in [2.75, 3.05) is 0 Å². The van der Waals surface area contributed by atoms with Crippen LogP contribution in [0, 0.1) is 17.2 Å². The highest BCUT2D eigenvalue weighted by molar-refractivity contribution is 5.25. The van der Waals surface area contributed by atoms with Crippen molar-refractivity contribution in [2.24, 2.45) is 5.92 Å². The Bertz CT molecular complexity index is 269. The van der Waals surface area contributed by atoms with Crippen molar-refractivity contribution in [1.82, 2.24) is 0 Å². The fourth-order valence-corrected chi connectivity index (χ4v) is 1.27. The van der Waals surface area contributed by atoms with Gasteiger partial charge in [0.1, 0.15) is 0 Å². The van der Waals surface area contributed by atoms with Crippen LogP contribution >= 0.6 is 0 Å². The summed E-state index contributed by atoms with van der Waals surface area (Å²) in [6.45, 7) is 4.14. The molecular weight excluding hydrogens is 146 g/mol. The van der Waals surface area contributed by atoms with Crippen molar-refractivity contribution in [3.05, 3.63) is 35.9 Å². The molecule has 0 bridgehead atoms. The van der Waals surface area contributed by atoms with E-state index < -0.39 is 0 Å². The average molecular weight is 159 g/mol. The molecule has 0 aliphatic rings. The second-order valence-corrected chi connectivity index (χ2v) is 3.26. The molecule has 0 spiro atoms. The number of nitriles is 1. The van der Waals surface area contributed by atoms with Crippen LogP contribution in [0.4, 0.5) is 0 Å². The molecule has 0 fully saturated rings. The predicted octanol–water partition coefficient (Wildman–Crippen LogP) is 2.95. The second-order valence-electron chi connectivity index (χ2n) is 3.26. The summed E-state index contributed by atoms with van der Waals surface area (Å²) in [7, 11) is 0. The first-order valence-corrected chi connectivity index (χ1v) is 4.20. The van der Waals surface area contributed by atoms with Crippen molar-refractivity contribution in [1.29, 1.82) is 5.26 Å². The van der Waals surface area contributed by atoms with Gasteiger partial charge < -0.3 is 0 Å². The fraction of sp³-hybridized carbons (Fsp3) is 0.364. The molecule has 1 aromatic carbocycles. The van der Waals surface area contributed by atoms with E-state index in [-0.39, 0.29) is 5.92 Å². The summed E-state index contributed by atoms with van der Waals surface area (Å²) in [5.41, 5.74) is 1.12. The Balaban J connectivity index is 2.90. The summed E-state index contributed by atoms with van der Waals surface area (Å²) in [6.07, 6.45) is 0. The average Bonchev–Trinajstić information content (AvgIpc) is 2.07. The molecule has 0 aliphatic carbocycles. The lowest BCUT2D eigenvalue weighted by Gasteiger charge is -2.12. The Kier molecular flexibility index (Phi) is 2.88. The van der Waals surface area contributed by atoms with Crippen molar-refractivity contribution in [3.8, 4) is 6.07 Å². The third-order valence-electron chi connectivity index (χ3n) is 1.96. The minimum Gasteiger partial charge on any atom is -0.198 e. The van der Waals surface area contributed by atoms with Crippen molar-refractivity contribution in [3.63, 3.8) is 0 Å². The van der Waals surface area contributed by atoms with Gasteiger partial charge in [-0.25, -0.2) is 0 Å². The Morgan fingerprint density at radius 3 is 2.17 bits per heavy atom. The number of hydrogen-bond acceptors (Lipinski definition) is 1. The van der Waals surface area contributed by atoms with Crippen LogP contribution in [-0.2, 0) is 0 Å². The number of nitrogens with zero attached hydrogens (tertiary/aromatic N) is 1. The number of rotatable bonds is 2. The van der Waals surface area contributed by atoms with E-state index in [2.05, 4.69) is 19.9 Å². The van der Waals surface area contributed by atoms with Gasteiger partial charge in [-0.15, -0.1) is 0 Å². The summed E-state index contributed by atoms with van der Waals surface area (Å²) in [5.74, 6) is 0.420. The molecule has 1 nitrogen and oxygen atoms in total. The van der Waals surface area contributed by atoms with Crippen LogP contribution in [0.1, 0.15) is 25.3 Å². The molecule has 62 valence electrons. The summed E-state index contributed by atoms with van der Waals surface area (Å²) >= 11 is 0. The van der Waals surface area contributed by atoms with E-state index in [0.29, 0.717) is 5.92 Å².